The first kappa shape index (κ1) is 17.3. The molecule has 1 atom stereocenters. The topological polar surface area (TPSA) is 63.2 Å². The fourth-order valence-electron chi connectivity index (χ4n) is 3.65. The zero-order valence-electron chi connectivity index (χ0n) is 15.4. The molecule has 2 aromatic carbocycles. The van der Waals surface area contributed by atoms with Gasteiger partial charge in [-0.15, -0.1) is 0 Å². The fraction of sp³-hybridized carbons (Fsp3) is 0.286. The van der Waals surface area contributed by atoms with Crippen molar-refractivity contribution < 1.29 is 28.5 Å². The summed E-state index contributed by atoms with van der Waals surface area (Å²) >= 11 is 0. The van der Waals surface area contributed by atoms with Crippen LogP contribution in [0.2, 0.25) is 0 Å². The first-order valence-electron chi connectivity index (χ1n) is 8.62. The molecular formula is C21H20O6. The second-order valence-electron chi connectivity index (χ2n) is 6.33. The van der Waals surface area contributed by atoms with Gasteiger partial charge in [-0.05, 0) is 17.7 Å². The smallest absolute Gasteiger partial charge is 0.312 e. The van der Waals surface area contributed by atoms with Crippen molar-refractivity contribution in [2.45, 2.75) is 12.3 Å². The first-order valence-corrected chi connectivity index (χ1v) is 8.62. The molecule has 0 saturated carbocycles. The third-order valence-corrected chi connectivity index (χ3v) is 4.88. The Hall–Kier alpha value is -3.15. The van der Waals surface area contributed by atoms with Gasteiger partial charge in [-0.25, -0.2) is 0 Å². The lowest BCUT2D eigenvalue weighted by Crippen LogP contribution is -2.25. The molecule has 6 heteroatoms. The third kappa shape index (κ3) is 2.87. The van der Waals surface area contributed by atoms with Gasteiger partial charge in [0.1, 0.15) is 18.1 Å². The lowest BCUT2D eigenvalue weighted by atomic mass is 9.83. The molecule has 4 rings (SSSR count). The Bertz CT molecular complexity index is 931. The highest BCUT2D eigenvalue weighted by molar-refractivity contribution is 5.81. The Kier molecular flexibility index (Phi) is 4.39. The number of rotatable bonds is 4. The van der Waals surface area contributed by atoms with Crippen molar-refractivity contribution in [3.05, 3.63) is 47.0 Å². The van der Waals surface area contributed by atoms with E-state index in [4.69, 9.17) is 23.7 Å². The van der Waals surface area contributed by atoms with Crippen LogP contribution in [0.15, 0.2) is 35.9 Å². The molecule has 0 spiro atoms. The van der Waals surface area contributed by atoms with Gasteiger partial charge in [0.15, 0.2) is 11.5 Å². The van der Waals surface area contributed by atoms with E-state index in [1.165, 1.54) is 7.11 Å². The molecule has 0 saturated heterocycles. The Labute approximate surface area is 157 Å². The van der Waals surface area contributed by atoms with Crippen molar-refractivity contribution in [3.8, 4) is 28.7 Å². The van der Waals surface area contributed by atoms with Crippen LogP contribution in [0.3, 0.4) is 0 Å². The molecule has 2 aromatic rings. The maximum Gasteiger partial charge on any atom is 0.312 e. The van der Waals surface area contributed by atoms with Crippen molar-refractivity contribution in [1.29, 1.82) is 0 Å². The molecule has 0 aliphatic carbocycles. The molecule has 0 bridgehead atoms. The molecule has 27 heavy (non-hydrogen) atoms. The van der Waals surface area contributed by atoms with Crippen LogP contribution in [0.1, 0.15) is 23.5 Å². The average Bonchev–Trinajstić information content (AvgIpc) is 2.71. The Morgan fingerprint density at radius 1 is 1.00 bits per heavy atom. The van der Waals surface area contributed by atoms with E-state index >= 15 is 0 Å². The maximum absolute atomic E-state index is 12.3. The lowest BCUT2D eigenvalue weighted by Gasteiger charge is -2.31. The highest BCUT2D eigenvalue weighted by atomic mass is 16.5. The molecule has 0 N–H and O–H groups in total. The monoisotopic (exact) mass is 368 g/mol. The van der Waals surface area contributed by atoms with Crippen LogP contribution < -0.4 is 23.7 Å². The molecule has 2 aliphatic heterocycles. The molecule has 0 unspecified atom stereocenters. The number of benzene rings is 2. The standard InChI is InChI=1S/C21H20O6/c1-23-17-10-16-19(21(25-3)20(17)24-2)14(9-18(22)27-16)13-8-12-6-4-5-7-15(12)26-11-13/h4-8,10,14H,9,11H2,1-3H3/t14-/m0/s1. The van der Waals surface area contributed by atoms with Crippen molar-refractivity contribution in [2.75, 3.05) is 27.9 Å². The number of para-hydroxylation sites is 1. The van der Waals surface area contributed by atoms with Gasteiger partial charge >= 0.3 is 5.97 Å². The summed E-state index contributed by atoms with van der Waals surface area (Å²) in [7, 11) is 4.64. The van der Waals surface area contributed by atoms with Crippen LogP contribution in [-0.4, -0.2) is 33.9 Å². The van der Waals surface area contributed by atoms with E-state index in [0.717, 1.165) is 22.4 Å². The zero-order valence-corrected chi connectivity index (χ0v) is 15.4. The van der Waals surface area contributed by atoms with Gasteiger partial charge in [0.2, 0.25) is 5.75 Å². The van der Waals surface area contributed by atoms with E-state index < -0.39 is 0 Å². The summed E-state index contributed by atoms with van der Waals surface area (Å²) in [5.74, 6) is 2.14. The lowest BCUT2D eigenvalue weighted by molar-refractivity contribution is -0.135. The predicted molar refractivity (Wildman–Crippen MR) is 99.0 cm³/mol. The van der Waals surface area contributed by atoms with E-state index in [-0.39, 0.29) is 18.3 Å². The molecule has 140 valence electrons. The average molecular weight is 368 g/mol. The minimum atomic E-state index is -0.304. The zero-order chi connectivity index (χ0) is 19.0. The normalized spacial score (nSPS) is 17.7. The SMILES string of the molecule is COc1cc2c(c(OC)c1OC)[C@H](C1=Cc3ccccc3OC1)CC(=O)O2. The molecule has 2 aliphatic rings. The van der Waals surface area contributed by atoms with E-state index in [1.54, 1.807) is 20.3 Å². The van der Waals surface area contributed by atoms with Crippen molar-refractivity contribution >= 4 is 12.0 Å². The Balaban J connectivity index is 1.88. The fourth-order valence-corrected chi connectivity index (χ4v) is 3.65. The first-order chi connectivity index (χ1) is 13.2. The summed E-state index contributed by atoms with van der Waals surface area (Å²) in [6, 6.07) is 9.48. The number of hydrogen-bond donors (Lipinski definition) is 0. The van der Waals surface area contributed by atoms with Crippen LogP contribution in [-0.2, 0) is 4.79 Å². The van der Waals surface area contributed by atoms with Crippen molar-refractivity contribution in [2.24, 2.45) is 0 Å². The number of methoxy groups -OCH3 is 3. The largest absolute Gasteiger partial charge is 0.493 e. The summed E-state index contributed by atoms with van der Waals surface area (Å²) in [6.45, 7) is 0.395. The number of fused-ring (bicyclic) bond motifs is 2. The van der Waals surface area contributed by atoms with Gasteiger partial charge in [0, 0.05) is 23.1 Å². The van der Waals surface area contributed by atoms with E-state index in [0.29, 0.717) is 29.6 Å². The molecule has 6 nitrogen and oxygen atoms in total. The number of esters is 1. The van der Waals surface area contributed by atoms with Crippen molar-refractivity contribution in [1.82, 2.24) is 0 Å². The van der Waals surface area contributed by atoms with Crippen LogP contribution in [0.25, 0.3) is 6.08 Å². The Morgan fingerprint density at radius 2 is 1.78 bits per heavy atom. The summed E-state index contributed by atoms with van der Waals surface area (Å²) in [5.41, 5.74) is 2.74. The number of ether oxygens (including phenoxy) is 5. The van der Waals surface area contributed by atoms with Crippen LogP contribution in [0, 0.1) is 0 Å². The van der Waals surface area contributed by atoms with Gasteiger partial charge in [-0.3, -0.25) is 4.79 Å². The highest BCUT2D eigenvalue weighted by Crippen LogP contribution is 2.53. The second kappa shape index (κ2) is 6.87. The van der Waals surface area contributed by atoms with Gasteiger partial charge in [-0.1, -0.05) is 18.2 Å². The summed E-state index contributed by atoms with van der Waals surface area (Å²) in [5, 5.41) is 0. The molecule has 0 fully saturated rings. The maximum atomic E-state index is 12.3. The minimum absolute atomic E-state index is 0.205. The van der Waals surface area contributed by atoms with Crippen LogP contribution >= 0.6 is 0 Å². The van der Waals surface area contributed by atoms with Crippen LogP contribution in [0.5, 0.6) is 28.7 Å². The van der Waals surface area contributed by atoms with E-state index in [2.05, 4.69) is 6.08 Å². The van der Waals surface area contributed by atoms with Gasteiger partial charge < -0.3 is 23.7 Å². The molecular weight excluding hydrogens is 348 g/mol. The summed E-state index contributed by atoms with van der Waals surface area (Å²) in [6.07, 6.45) is 2.28. The molecule has 0 aromatic heterocycles. The predicted octanol–water partition coefficient (Wildman–Crippen LogP) is 3.58. The van der Waals surface area contributed by atoms with Gasteiger partial charge in [-0.2, -0.15) is 0 Å². The highest BCUT2D eigenvalue weighted by Gasteiger charge is 2.37. The van der Waals surface area contributed by atoms with E-state index in [1.807, 2.05) is 24.3 Å². The molecule has 2 heterocycles. The van der Waals surface area contributed by atoms with Gasteiger partial charge in [0.25, 0.3) is 0 Å². The Morgan fingerprint density at radius 3 is 2.52 bits per heavy atom. The number of carbonyl (C=O) groups excluding carboxylic acids is 1. The van der Waals surface area contributed by atoms with Crippen molar-refractivity contribution in [3.63, 3.8) is 0 Å². The number of carbonyl (C=O) groups is 1. The second-order valence-corrected chi connectivity index (χ2v) is 6.33. The van der Waals surface area contributed by atoms with Crippen LogP contribution in [0.4, 0.5) is 0 Å². The van der Waals surface area contributed by atoms with Gasteiger partial charge in [0.05, 0.1) is 27.8 Å². The molecule has 0 radical (unpaired) electrons. The summed E-state index contributed by atoms with van der Waals surface area (Å²) in [4.78, 5) is 12.3. The number of hydrogen-bond acceptors (Lipinski definition) is 6. The van der Waals surface area contributed by atoms with E-state index in [9.17, 15) is 4.79 Å². The summed E-state index contributed by atoms with van der Waals surface area (Å²) < 4.78 is 27.9. The molecule has 0 amide bonds. The quantitative estimate of drug-likeness (QED) is 0.607. The third-order valence-electron chi connectivity index (χ3n) is 4.88. The minimum Gasteiger partial charge on any atom is -0.493 e.